The molecule has 0 aliphatic carbocycles. The van der Waals surface area contributed by atoms with Crippen molar-refractivity contribution in [1.29, 1.82) is 0 Å². The van der Waals surface area contributed by atoms with E-state index in [9.17, 15) is 34.5 Å². The van der Waals surface area contributed by atoms with Crippen LogP contribution in [0.4, 0.5) is 0 Å². The molecule has 0 bridgehead atoms. The first-order valence-corrected chi connectivity index (χ1v) is 32.5. The molecule has 0 aliphatic heterocycles. The number of halogens is 1. The van der Waals surface area contributed by atoms with E-state index in [1.807, 2.05) is 6.07 Å². The summed E-state index contributed by atoms with van der Waals surface area (Å²) in [4.78, 5) is 49.6. The van der Waals surface area contributed by atoms with Crippen molar-refractivity contribution in [2.45, 2.75) is 19.8 Å². The monoisotopic (exact) mass is 1480 g/mol. The third kappa shape index (κ3) is 30.5. The Morgan fingerprint density at radius 2 is 0.604 bits per heavy atom. The second-order valence-corrected chi connectivity index (χ2v) is 21.7. The summed E-state index contributed by atoms with van der Waals surface area (Å²) in [5, 5.41) is 31.3. The largest absolute Gasteiger partial charge is 0.508 e. The maximum atomic E-state index is 13.1. The molecule has 3 N–H and O–H groups in total. The summed E-state index contributed by atoms with van der Waals surface area (Å²) >= 11 is 5.31. The van der Waals surface area contributed by atoms with Gasteiger partial charge in [0, 0.05) is 44.3 Å². The van der Waals surface area contributed by atoms with Crippen LogP contribution in [0.2, 0.25) is 0 Å². The van der Waals surface area contributed by atoms with Gasteiger partial charge in [-0.25, -0.2) is 0 Å². The van der Waals surface area contributed by atoms with Gasteiger partial charge in [-0.3, -0.25) is 19.2 Å². The summed E-state index contributed by atoms with van der Waals surface area (Å²) in [6, 6.07) is 31.6. The number of ketones is 4. The van der Waals surface area contributed by atoms with Crippen LogP contribution in [0.3, 0.4) is 0 Å². The van der Waals surface area contributed by atoms with E-state index in [-0.39, 0.29) is 72.2 Å². The Labute approximate surface area is 624 Å². The molecule has 566 valence electrons. The van der Waals surface area contributed by atoms with Crippen LogP contribution in [0.1, 0.15) is 53.1 Å². The van der Waals surface area contributed by atoms with Crippen molar-refractivity contribution in [2.75, 3.05) is 119 Å². The molecule has 6 aromatic rings. The number of alkyl halides is 1. The van der Waals surface area contributed by atoms with E-state index in [1.54, 1.807) is 189 Å². The van der Waals surface area contributed by atoms with E-state index >= 15 is 0 Å². The highest BCUT2D eigenvalue weighted by Crippen LogP contribution is 2.34. The van der Waals surface area contributed by atoms with Crippen molar-refractivity contribution in [3.63, 3.8) is 0 Å². The number of hydrogen-bond acceptors (Lipinski definition) is 23. The van der Waals surface area contributed by atoms with Crippen LogP contribution in [0.25, 0.3) is 36.5 Å². The second kappa shape index (κ2) is 48.8. The molecule has 0 heterocycles. The van der Waals surface area contributed by atoms with Crippen molar-refractivity contribution >= 4 is 71.2 Å². The van der Waals surface area contributed by atoms with E-state index in [0.717, 1.165) is 33.9 Å². The molecule has 0 unspecified atom stereocenters. The second-order valence-electron chi connectivity index (χ2n) is 21.5. The predicted octanol–water partition coefficient (Wildman–Crippen LogP) is 16.0. The number of carbonyl (C=O) groups is 4. The lowest BCUT2D eigenvalue weighted by atomic mass is 10.0. The fraction of sp³-hybridized carbons (Fsp3) is 0.244. The molecular formula is C82H93ClO23. The molecular weight excluding hydrogens is 1390 g/mol. The minimum Gasteiger partial charge on any atom is -0.508 e. The maximum Gasteiger partial charge on any atom is 0.188 e. The van der Waals surface area contributed by atoms with Crippen molar-refractivity contribution < 1.29 is 110 Å². The highest BCUT2D eigenvalue weighted by Gasteiger charge is 2.17. The van der Waals surface area contributed by atoms with Crippen molar-refractivity contribution in [2.24, 2.45) is 0 Å². The number of ether oxygens (including phenoxy) is 16. The van der Waals surface area contributed by atoms with Gasteiger partial charge in [-0.15, -0.1) is 11.6 Å². The topological polar surface area (TPSA) is 277 Å². The quantitative estimate of drug-likeness (QED) is 0.0107. The summed E-state index contributed by atoms with van der Waals surface area (Å²) in [6.45, 7) is 8.85. The van der Waals surface area contributed by atoms with Crippen LogP contribution in [-0.2, 0) is 38.1 Å². The third-order valence-corrected chi connectivity index (χ3v) is 14.6. The zero-order valence-corrected chi connectivity index (χ0v) is 63.0. The smallest absolute Gasteiger partial charge is 0.188 e. The number of allylic oxidation sites excluding steroid dienone is 10. The van der Waals surface area contributed by atoms with Gasteiger partial charge < -0.3 is 91.1 Å². The Morgan fingerprint density at radius 1 is 0.349 bits per heavy atom. The summed E-state index contributed by atoms with van der Waals surface area (Å²) in [5.41, 5.74) is 4.52. The first-order valence-electron chi connectivity index (χ1n) is 31.9. The third-order valence-electron chi connectivity index (χ3n) is 14.3. The van der Waals surface area contributed by atoms with Crippen LogP contribution in [0, 0.1) is 0 Å². The Hall–Kier alpha value is -12.1. The van der Waals surface area contributed by atoms with Crippen LogP contribution in [0.5, 0.6) is 69.0 Å². The number of hydrogen-bond donors (Lipinski definition) is 3. The Balaban J connectivity index is 0.000000393. The molecule has 0 aromatic heterocycles. The van der Waals surface area contributed by atoms with E-state index < -0.39 is 11.6 Å². The lowest BCUT2D eigenvalue weighted by molar-refractivity contribution is -0.118. The summed E-state index contributed by atoms with van der Waals surface area (Å²) in [6.07, 6.45) is 19.0. The van der Waals surface area contributed by atoms with Crippen LogP contribution in [0.15, 0.2) is 205 Å². The van der Waals surface area contributed by atoms with E-state index in [4.69, 9.17) is 82.7 Å². The van der Waals surface area contributed by atoms with E-state index in [2.05, 4.69) is 17.9 Å². The first kappa shape index (κ1) is 88.2. The van der Waals surface area contributed by atoms with Gasteiger partial charge in [-0.05, 0) is 150 Å². The van der Waals surface area contributed by atoms with Gasteiger partial charge in [-0.1, -0.05) is 86.0 Å². The molecule has 0 atom stereocenters. The predicted molar refractivity (Wildman–Crippen MR) is 411 cm³/mol. The number of rotatable bonds is 38. The molecule has 106 heavy (non-hydrogen) atoms. The zero-order chi connectivity index (χ0) is 78.5. The number of benzene rings is 6. The number of methoxy groups -OCH3 is 14. The molecule has 23 nitrogen and oxygen atoms in total. The van der Waals surface area contributed by atoms with Crippen molar-refractivity contribution in [1.82, 2.24) is 0 Å². The number of aliphatic hydroxyl groups excluding tert-OH is 3. The Bertz CT molecular complexity index is 4190. The Kier molecular flexibility index (Phi) is 40.6. The van der Waals surface area contributed by atoms with E-state index in [1.165, 1.54) is 93.1 Å². The lowest BCUT2D eigenvalue weighted by Crippen LogP contribution is -2.06. The van der Waals surface area contributed by atoms with Gasteiger partial charge in [0.15, 0.2) is 99.9 Å². The van der Waals surface area contributed by atoms with Crippen LogP contribution < -0.4 is 56.8 Å². The van der Waals surface area contributed by atoms with Gasteiger partial charge in [-0.2, -0.15) is 0 Å². The fourth-order valence-corrected chi connectivity index (χ4v) is 8.94. The molecule has 0 aliphatic rings. The minimum atomic E-state index is -0.477. The molecule has 0 spiro atoms. The summed E-state index contributed by atoms with van der Waals surface area (Å²) in [7, 11) is 21.5. The van der Waals surface area contributed by atoms with Gasteiger partial charge >= 0.3 is 0 Å². The standard InChI is InChI=1S/C28H32O8.C26H28O7.C23H24O6.C5H9ClO2/c1-19(36-18-31-2)15-22(23(29)11-7-20-9-13-25(32-3)27(16-20)34-5)24(30)12-8-21-10-14-26(33-4)28(17-21)35-6;1-17(27)14-20(21(28)10-6-18-8-12-23(30-2)25(15-18)32-4)22(29)11-7-19-9-13-24(31-3)26(16-19)33-5;1-26-20-11-7-16(13-22(20)28-3)5-9-18(24)15-19(25)10-6-17-8-12-21(27-2)23(14-17)29-4;1-5(3-6)8-4-7-2/h7-14,16-17,29H,1,15,18H2,2-6H3;6-13,15-16,28H,14H2,1-5H3;5-15,24H,1-4H3;1,3-4H2,2H3/b11-7+,12-8+,23-22?;10-6+,11-7+,21-20-;9-5+,10-6+,18-15-;. The number of Topliss-reactive ketones (excluding diaryl/α,β-unsaturated/α-hetero) is 1. The number of carbonyl (C=O) groups excluding carboxylic acids is 4. The van der Waals surface area contributed by atoms with Gasteiger partial charge in [0.1, 0.15) is 28.8 Å². The highest BCUT2D eigenvalue weighted by molar-refractivity contribution is 6.19. The van der Waals surface area contributed by atoms with Crippen molar-refractivity contribution in [3.05, 3.63) is 238 Å². The van der Waals surface area contributed by atoms with Gasteiger partial charge in [0.05, 0.1) is 97.0 Å². The number of aliphatic hydroxyl groups is 3. The average molecular weight is 1480 g/mol. The Morgan fingerprint density at radius 3 is 0.868 bits per heavy atom. The SMILES string of the molecule is C=C(CC(C(=O)/C=C/c1ccc(OC)c(OC)c1)=C(O)/C=C/c1ccc(OC)c(OC)c1)OCOC.C=C(CCl)OCOC.COc1ccc(/C=C/C(=O)/C(CC(C)=O)=C(O)/C=C/c2ccc(OC)c(OC)c2)cc1OC.COc1ccc(/C=C/C(=O)/C=C(O)/C=C/c2ccc(OC)c(OC)c2)cc1OC. The first-order chi connectivity index (χ1) is 51.0. The van der Waals surface area contributed by atoms with Gasteiger partial charge in [0.2, 0.25) is 0 Å². The molecule has 6 rings (SSSR count). The van der Waals surface area contributed by atoms with E-state index in [0.29, 0.717) is 86.2 Å². The molecule has 6 aromatic carbocycles. The normalized spacial score (nSPS) is 11.6. The van der Waals surface area contributed by atoms with Gasteiger partial charge in [0.25, 0.3) is 0 Å². The minimum absolute atomic E-state index is 0.00375. The maximum absolute atomic E-state index is 13.1. The average Bonchev–Trinajstić information content (AvgIpc) is 0.838. The zero-order valence-electron chi connectivity index (χ0n) is 62.2. The van der Waals surface area contributed by atoms with Crippen LogP contribution in [-0.4, -0.2) is 157 Å². The highest BCUT2D eigenvalue weighted by atomic mass is 35.5. The molecule has 0 saturated heterocycles. The fourth-order valence-electron chi connectivity index (χ4n) is 8.87. The molecule has 0 saturated carbocycles. The summed E-state index contributed by atoms with van der Waals surface area (Å²) < 4.78 is 82.5. The molecule has 0 amide bonds. The van der Waals surface area contributed by atoms with Crippen molar-refractivity contribution in [3.8, 4) is 69.0 Å². The molecule has 0 radical (unpaired) electrons. The summed E-state index contributed by atoms with van der Waals surface area (Å²) in [5.74, 6) is 5.73. The molecule has 24 heteroatoms. The molecule has 0 fully saturated rings. The van der Waals surface area contributed by atoms with Crippen LogP contribution >= 0.6 is 11.6 Å². The lowest BCUT2D eigenvalue weighted by Gasteiger charge is -2.11.